The van der Waals surface area contributed by atoms with Crippen LogP contribution < -0.4 is 0 Å². The maximum absolute atomic E-state index is 2.63. The van der Waals surface area contributed by atoms with Crippen LogP contribution in [0.5, 0.6) is 0 Å². The fourth-order valence-corrected chi connectivity index (χ4v) is 3.44. The normalized spacial score (nSPS) is 31.8. The van der Waals surface area contributed by atoms with E-state index in [0.29, 0.717) is 0 Å². The van der Waals surface area contributed by atoms with Gasteiger partial charge in [-0.3, -0.25) is 0 Å². The van der Waals surface area contributed by atoms with Crippen LogP contribution in [-0.2, 0) is 0 Å². The Morgan fingerprint density at radius 2 is 1.60 bits per heavy atom. The van der Waals surface area contributed by atoms with Crippen molar-refractivity contribution in [3.8, 4) is 0 Å². The van der Waals surface area contributed by atoms with E-state index >= 15 is 0 Å². The lowest BCUT2D eigenvalue weighted by atomic mass is 9.67. The fraction of sp³-hybridized carbons (Fsp3) is 0.933. The van der Waals surface area contributed by atoms with Crippen molar-refractivity contribution in [2.24, 2.45) is 17.8 Å². The molecule has 1 aliphatic rings. The van der Waals surface area contributed by atoms with Gasteiger partial charge in [-0.15, -0.1) is 0 Å². The molecule has 0 aromatic rings. The summed E-state index contributed by atoms with van der Waals surface area (Å²) in [7, 11) is 0. The maximum atomic E-state index is 2.63. The highest BCUT2D eigenvalue weighted by Crippen LogP contribution is 2.41. The SMILES string of the molecule is CCCC1[CH]CCC(CCC)C1CCC. The molecule has 0 aromatic carbocycles. The van der Waals surface area contributed by atoms with Gasteiger partial charge in [0.15, 0.2) is 0 Å². The number of hydrogen-bond acceptors (Lipinski definition) is 0. The van der Waals surface area contributed by atoms with Crippen molar-refractivity contribution in [1.29, 1.82) is 0 Å². The molecule has 15 heavy (non-hydrogen) atoms. The highest BCUT2D eigenvalue weighted by atomic mass is 14.4. The summed E-state index contributed by atoms with van der Waals surface area (Å²) < 4.78 is 0. The van der Waals surface area contributed by atoms with Crippen LogP contribution in [-0.4, -0.2) is 0 Å². The zero-order valence-electron chi connectivity index (χ0n) is 11.0. The first-order chi connectivity index (χ1) is 7.33. The topological polar surface area (TPSA) is 0 Å². The molecule has 1 radical (unpaired) electrons. The van der Waals surface area contributed by atoms with Gasteiger partial charge >= 0.3 is 0 Å². The van der Waals surface area contributed by atoms with E-state index in [1.807, 2.05) is 0 Å². The summed E-state index contributed by atoms with van der Waals surface area (Å²) in [6.07, 6.45) is 14.0. The summed E-state index contributed by atoms with van der Waals surface area (Å²) in [5.41, 5.74) is 0. The molecule has 89 valence electrons. The third-order valence-electron chi connectivity index (χ3n) is 4.07. The predicted molar refractivity (Wildman–Crippen MR) is 68.7 cm³/mol. The van der Waals surface area contributed by atoms with E-state index in [9.17, 15) is 0 Å². The van der Waals surface area contributed by atoms with Crippen molar-refractivity contribution in [3.63, 3.8) is 0 Å². The fourth-order valence-electron chi connectivity index (χ4n) is 3.44. The van der Waals surface area contributed by atoms with Gasteiger partial charge in [-0.2, -0.15) is 0 Å². The van der Waals surface area contributed by atoms with Gasteiger partial charge in [-0.05, 0) is 37.0 Å². The van der Waals surface area contributed by atoms with Crippen molar-refractivity contribution >= 4 is 0 Å². The molecular formula is C15H29. The van der Waals surface area contributed by atoms with Crippen molar-refractivity contribution in [1.82, 2.24) is 0 Å². The van der Waals surface area contributed by atoms with E-state index in [4.69, 9.17) is 0 Å². The van der Waals surface area contributed by atoms with Gasteiger partial charge in [0.1, 0.15) is 0 Å². The van der Waals surface area contributed by atoms with Gasteiger partial charge < -0.3 is 0 Å². The van der Waals surface area contributed by atoms with Gasteiger partial charge in [-0.25, -0.2) is 0 Å². The molecule has 3 atom stereocenters. The second-order valence-corrected chi connectivity index (χ2v) is 5.27. The van der Waals surface area contributed by atoms with Crippen LogP contribution in [0.25, 0.3) is 0 Å². The highest BCUT2D eigenvalue weighted by molar-refractivity contribution is 4.91. The molecule has 0 saturated heterocycles. The summed E-state index contributed by atoms with van der Waals surface area (Å²) in [5.74, 6) is 3.00. The van der Waals surface area contributed by atoms with Crippen molar-refractivity contribution in [2.45, 2.75) is 72.1 Å². The second-order valence-electron chi connectivity index (χ2n) is 5.27. The van der Waals surface area contributed by atoms with E-state index in [0.717, 1.165) is 17.8 Å². The Balaban J connectivity index is 2.53. The van der Waals surface area contributed by atoms with E-state index in [-0.39, 0.29) is 0 Å². The minimum absolute atomic E-state index is 0.945. The van der Waals surface area contributed by atoms with Crippen LogP contribution >= 0.6 is 0 Å². The molecule has 0 amide bonds. The van der Waals surface area contributed by atoms with Crippen LogP contribution in [0.4, 0.5) is 0 Å². The quantitative estimate of drug-likeness (QED) is 0.561. The van der Waals surface area contributed by atoms with Gasteiger partial charge in [0.25, 0.3) is 0 Å². The summed E-state index contributed by atoms with van der Waals surface area (Å²) in [6, 6.07) is 0. The Morgan fingerprint density at radius 1 is 0.933 bits per heavy atom. The van der Waals surface area contributed by atoms with Crippen LogP contribution in [0.3, 0.4) is 0 Å². The Kier molecular flexibility index (Phi) is 6.36. The van der Waals surface area contributed by atoms with Crippen LogP contribution in [0.15, 0.2) is 0 Å². The van der Waals surface area contributed by atoms with E-state index in [1.165, 1.54) is 51.4 Å². The summed E-state index contributed by atoms with van der Waals surface area (Å²) >= 11 is 0. The molecule has 0 nitrogen and oxygen atoms in total. The molecule has 1 rings (SSSR count). The van der Waals surface area contributed by atoms with Gasteiger partial charge in [0.2, 0.25) is 0 Å². The smallest absolute Gasteiger partial charge is 0.0352 e. The van der Waals surface area contributed by atoms with E-state index < -0.39 is 0 Å². The Labute approximate surface area is 96.8 Å². The molecule has 0 N–H and O–H groups in total. The third kappa shape index (κ3) is 3.81. The highest BCUT2D eigenvalue weighted by Gasteiger charge is 2.31. The minimum atomic E-state index is 0.945. The monoisotopic (exact) mass is 209 g/mol. The molecule has 1 saturated carbocycles. The second kappa shape index (κ2) is 7.30. The Bertz CT molecular complexity index is 132. The number of hydrogen-bond donors (Lipinski definition) is 0. The first-order valence-electron chi connectivity index (χ1n) is 7.16. The van der Waals surface area contributed by atoms with E-state index in [1.54, 1.807) is 0 Å². The van der Waals surface area contributed by atoms with E-state index in [2.05, 4.69) is 27.2 Å². The third-order valence-corrected chi connectivity index (χ3v) is 4.07. The largest absolute Gasteiger partial charge is 0.0654 e. The molecule has 0 heteroatoms. The molecule has 0 aromatic heterocycles. The van der Waals surface area contributed by atoms with Crippen molar-refractivity contribution in [3.05, 3.63) is 6.42 Å². The van der Waals surface area contributed by atoms with Crippen LogP contribution in [0.2, 0.25) is 0 Å². The molecule has 0 aliphatic heterocycles. The predicted octanol–water partition coefficient (Wildman–Crippen LogP) is 5.23. The van der Waals surface area contributed by atoms with Gasteiger partial charge in [-0.1, -0.05) is 59.3 Å². The lowest BCUT2D eigenvalue weighted by molar-refractivity contribution is 0.164. The lowest BCUT2D eigenvalue weighted by Gasteiger charge is -2.38. The zero-order valence-corrected chi connectivity index (χ0v) is 11.0. The molecule has 3 unspecified atom stereocenters. The molecule has 1 fully saturated rings. The summed E-state index contributed by atoms with van der Waals surface area (Å²) in [5, 5.41) is 0. The maximum Gasteiger partial charge on any atom is -0.0352 e. The molecule has 1 aliphatic carbocycles. The molecule has 0 spiro atoms. The first-order valence-corrected chi connectivity index (χ1v) is 7.16. The zero-order chi connectivity index (χ0) is 11.1. The lowest BCUT2D eigenvalue weighted by Crippen LogP contribution is -2.28. The van der Waals surface area contributed by atoms with Gasteiger partial charge in [0.05, 0.1) is 0 Å². The van der Waals surface area contributed by atoms with Crippen molar-refractivity contribution in [2.75, 3.05) is 0 Å². The van der Waals surface area contributed by atoms with Gasteiger partial charge in [0, 0.05) is 0 Å². The number of rotatable bonds is 6. The average Bonchev–Trinajstić information content (AvgIpc) is 2.23. The molecular weight excluding hydrogens is 180 g/mol. The minimum Gasteiger partial charge on any atom is -0.0654 e. The Hall–Kier alpha value is 0. The standard InChI is InChI=1S/C15H29/c1-4-8-13-11-7-12-14(9-5-2)15(13)10-6-3/h11,13-15H,4-10,12H2,1-3H3. The summed E-state index contributed by atoms with van der Waals surface area (Å²) in [4.78, 5) is 0. The van der Waals surface area contributed by atoms with Crippen LogP contribution in [0.1, 0.15) is 72.1 Å². The van der Waals surface area contributed by atoms with Crippen molar-refractivity contribution < 1.29 is 0 Å². The first kappa shape index (κ1) is 13.1. The molecule has 0 heterocycles. The average molecular weight is 209 g/mol. The van der Waals surface area contributed by atoms with Crippen LogP contribution in [0, 0.1) is 24.2 Å². The molecule has 0 bridgehead atoms. The Morgan fingerprint density at radius 3 is 2.20 bits per heavy atom. The summed E-state index contributed by atoms with van der Waals surface area (Å²) in [6.45, 7) is 7.02.